The fraction of sp³-hybridized carbons (Fsp3) is 0.234. The maximum Gasteiger partial charge on any atom is 0.351 e. The lowest BCUT2D eigenvalue weighted by Crippen LogP contribution is -2.38. The average Bonchev–Trinajstić information content (AvgIpc) is 3.94. The van der Waals surface area contributed by atoms with Gasteiger partial charge in [-0.3, -0.25) is 18.8 Å². The molecule has 0 spiro atoms. The summed E-state index contributed by atoms with van der Waals surface area (Å²) in [6, 6.07) is 44.3. The number of methoxy groups -OCH3 is 2. The summed E-state index contributed by atoms with van der Waals surface area (Å²) in [6.45, 7) is -1.24. The van der Waals surface area contributed by atoms with Crippen LogP contribution in [0.1, 0.15) is 51.4 Å². The van der Waals surface area contributed by atoms with Crippen LogP contribution in [0.25, 0.3) is 0 Å². The van der Waals surface area contributed by atoms with Crippen molar-refractivity contribution in [3.05, 3.63) is 190 Å². The minimum Gasteiger partial charge on any atom is -0.497 e. The van der Waals surface area contributed by atoms with Crippen molar-refractivity contribution in [3.8, 4) is 11.5 Å². The van der Waals surface area contributed by atoms with Crippen molar-refractivity contribution in [2.24, 2.45) is 0 Å². The second kappa shape index (κ2) is 19.2. The van der Waals surface area contributed by atoms with Gasteiger partial charge in [-0.1, -0.05) is 103 Å². The van der Waals surface area contributed by atoms with Crippen molar-refractivity contribution in [3.63, 3.8) is 0 Å². The summed E-state index contributed by atoms with van der Waals surface area (Å²) in [7, 11) is 1.06. The van der Waals surface area contributed by atoms with Crippen molar-refractivity contribution >= 4 is 26.2 Å². The van der Waals surface area contributed by atoms with Gasteiger partial charge in [-0.25, -0.2) is 9.18 Å². The fourth-order valence-electron chi connectivity index (χ4n) is 7.61. The van der Waals surface area contributed by atoms with E-state index in [0.717, 1.165) is 22.3 Å². The van der Waals surface area contributed by atoms with E-state index in [1.54, 1.807) is 44.6 Å². The average molecular weight is 859 g/mol. The second-order valence-electron chi connectivity index (χ2n) is 14.5. The number of rotatable bonds is 15. The third-order valence-electron chi connectivity index (χ3n) is 10.8. The van der Waals surface area contributed by atoms with Gasteiger partial charge in [-0.15, -0.1) is 0 Å². The molecule has 0 saturated carbocycles. The summed E-state index contributed by atoms with van der Waals surface area (Å²) in [5.41, 5.74) is 1.67. The summed E-state index contributed by atoms with van der Waals surface area (Å²) in [5.74, 6) is 0.186. The molecular weight excluding hydrogens is 815 g/mol. The molecule has 0 radical (unpaired) electrons. The monoisotopic (exact) mass is 858 g/mol. The first kappa shape index (κ1) is 42.4. The number of carbonyl (C=O) groups excluding carboxylic acids is 2. The van der Waals surface area contributed by atoms with Crippen LogP contribution in [0.2, 0.25) is 0 Å². The van der Waals surface area contributed by atoms with E-state index in [0.29, 0.717) is 17.1 Å². The Kier molecular flexibility index (Phi) is 13.1. The molecule has 15 heteroatoms. The van der Waals surface area contributed by atoms with Gasteiger partial charge < -0.3 is 33.3 Å². The summed E-state index contributed by atoms with van der Waals surface area (Å²) < 4.78 is 54.7. The van der Waals surface area contributed by atoms with Crippen molar-refractivity contribution in [2.75, 3.05) is 39.4 Å². The number of hydrogen-bond acceptors (Lipinski definition) is 10. The number of nitrogens with zero attached hydrogens (tertiary/aromatic N) is 3. The summed E-state index contributed by atoms with van der Waals surface area (Å²) in [6.07, 6.45) is -1.59. The van der Waals surface area contributed by atoms with Crippen LogP contribution in [0.5, 0.6) is 11.5 Å². The number of anilines is 1. The topological polar surface area (TPSA) is 140 Å². The molecule has 3 heterocycles. The lowest BCUT2D eigenvalue weighted by molar-refractivity contribution is -0.127. The zero-order chi connectivity index (χ0) is 43.1. The number of carbonyl (C=O) groups is 2. The van der Waals surface area contributed by atoms with E-state index in [1.807, 2.05) is 109 Å². The highest BCUT2D eigenvalue weighted by Gasteiger charge is 2.47. The van der Waals surface area contributed by atoms with E-state index < -0.39 is 62.8 Å². The van der Waals surface area contributed by atoms with Crippen LogP contribution < -0.4 is 20.5 Å². The Morgan fingerprint density at radius 3 is 1.97 bits per heavy atom. The van der Waals surface area contributed by atoms with Gasteiger partial charge in [0.25, 0.3) is 20.3 Å². The van der Waals surface area contributed by atoms with Crippen LogP contribution in [0.3, 0.4) is 0 Å². The Bertz CT molecular complexity index is 2450. The summed E-state index contributed by atoms with van der Waals surface area (Å²) >= 11 is 0. The first-order valence-corrected chi connectivity index (χ1v) is 21.1. The molecule has 2 aliphatic rings. The number of halogens is 1. The molecule has 8 rings (SSSR count). The highest BCUT2D eigenvalue weighted by Crippen LogP contribution is 2.56. The normalized spacial score (nSPS) is 19.9. The van der Waals surface area contributed by atoms with Crippen LogP contribution in [-0.2, 0) is 28.9 Å². The predicted octanol–water partition coefficient (Wildman–Crippen LogP) is 7.99. The van der Waals surface area contributed by atoms with E-state index >= 15 is 0 Å². The van der Waals surface area contributed by atoms with Gasteiger partial charge in [-0.05, 0) is 64.7 Å². The van der Waals surface area contributed by atoms with Crippen LogP contribution in [0, 0.1) is 0 Å². The Morgan fingerprint density at radius 1 is 0.806 bits per heavy atom. The van der Waals surface area contributed by atoms with Gasteiger partial charge in [0.15, 0.2) is 6.67 Å². The number of aromatic nitrogens is 2. The molecule has 5 aromatic carbocycles. The van der Waals surface area contributed by atoms with Crippen molar-refractivity contribution in [2.45, 2.75) is 36.6 Å². The van der Waals surface area contributed by atoms with Crippen molar-refractivity contribution < 1.29 is 42.0 Å². The van der Waals surface area contributed by atoms with Crippen LogP contribution in [0.4, 0.5) is 10.2 Å². The molecule has 5 atom stereocenters. The van der Waals surface area contributed by atoms with Gasteiger partial charge >= 0.3 is 5.69 Å². The molecule has 1 aromatic heterocycles. The third-order valence-corrected chi connectivity index (χ3v) is 12.5. The maximum absolute atomic E-state index is 14.1. The van der Waals surface area contributed by atoms with E-state index in [2.05, 4.69) is 10.3 Å². The molecule has 2 aliphatic heterocycles. The van der Waals surface area contributed by atoms with Gasteiger partial charge in [-0.2, -0.15) is 4.98 Å². The standard InChI is InChI=1S/C47H44FN4O9P/c1-56-37-22-18-35(19-23-37)47(34-16-10-5-11-17-34,36-20-24-38(57-2)25-21-36)58-31-41-39(60-62-52(43(53)29-48)30-40(61-62)32-12-6-3-7-13-32)28-44(59-41)51-27-26-42(50-46(51)55)49-45(54)33-14-8-4-9-15-33/h3-27,39-41,44H,28-31H2,1-2H3,(H,49,50,54,55)/t39-,40-,41+,44+,62-/m0/s1. The molecule has 13 nitrogen and oxygen atoms in total. The van der Waals surface area contributed by atoms with Gasteiger partial charge in [0.2, 0.25) is 0 Å². The molecule has 2 saturated heterocycles. The van der Waals surface area contributed by atoms with Gasteiger partial charge in [0, 0.05) is 18.2 Å². The molecule has 2 fully saturated rings. The largest absolute Gasteiger partial charge is 0.497 e. The summed E-state index contributed by atoms with van der Waals surface area (Å²) in [4.78, 5) is 43.7. The van der Waals surface area contributed by atoms with E-state index in [-0.39, 0.29) is 25.4 Å². The van der Waals surface area contributed by atoms with E-state index in [4.69, 9.17) is 28.0 Å². The molecule has 0 bridgehead atoms. The molecule has 2 amide bonds. The smallest absolute Gasteiger partial charge is 0.351 e. The van der Waals surface area contributed by atoms with Crippen LogP contribution in [0.15, 0.2) is 157 Å². The van der Waals surface area contributed by atoms with Gasteiger partial charge in [0.1, 0.15) is 41.4 Å². The van der Waals surface area contributed by atoms with Crippen molar-refractivity contribution in [1.82, 2.24) is 14.2 Å². The number of benzene rings is 5. The lowest BCUT2D eigenvalue weighted by Gasteiger charge is -2.37. The fourth-order valence-corrected chi connectivity index (χ4v) is 9.26. The molecular formula is C47H44FN4O9P. The lowest BCUT2D eigenvalue weighted by atomic mass is 9.80. The first-order chi connectivity index (χ1) is 30.3. The van der Waals surface area contributed by atoms with Gasteiger partial charge in [0.05, 0.1) is 33.5 Å². The minimum atomic E-state index is -2.14. The van der Waals surface area contributed by atoms with Crippen LogP contribution in [-0.4, -0.2) is 72.3 Å². The quantitative estimate of drug-likeness (QED) is 0.0799. The van der Waals surface area contributed by atoms with E-state index in [9.17, 15) is 18.8 Å². The molecule has 62 heavy (non-hydrogen) atoms. The molecule has 6 aromatic rings. The first-order valence-electron chi connectivity index (χ1n) is 19.9. The molecule has 0 aliphatic carbocycles. The highest BCUT2D eigenvalue weighted by molar-refractivity contribution is 7.45. The van der Waals surface area contributed by atoms with Crippen molar-refractivity contribution in [1.29, 1.82) is 0 Å². The number of ether oxygens (including phenoxy) is 4. The maximum atomic E-state index is 14.1. The van der Waals surface area contributed by atoms with Crippen LogP contribution >= 0.6 is 8.53 Å². The Balaban J connectivity index is 1.15. The number of alkyl halides is 1. The zero-order valence-corrected chi connectivity index (χ0v) is 34.8. The zero-order valence-electron chi connectivity index (χ0n) is 33.9. The number of hydrogen-bond donors (Lipinski definition) is 1. The third kappa shape index (κ3) is 9.01. The Morgan fingerprint density at radius 2 is 1.39 bits per heavy atom. The van der Waals surface area contributed by atoms with E-state index in [1.165, 1.54) is 21.5 Å². The Labute approximate surface area is 358 Å². The molecule has 0 unspecified atom stereocenters. The Hall–Kier alpha value is -6.28. The summed E-state index contributed by atoms with van der Waals surface area (Å²) in [5, 5.41) is 2.67. The second-order valence-corrected chi connectivity index (χ2v) is 15.9. The predicted molar refractivity (Wildman–Crippen MR) is 229 cm³/mol. The number of nitrogens with one attached hydrogen (secondary N) is 1. The SMILES string of the molecule is COc1ccc(C(OC[C@H]2O[C@@H](n3ccc(NC(=O)c4ccccc4)nc3=O)C[C@@H]2O[P@@]2O[C@H](c3ccccc3)CN2C(=O)CF)(c2ccccc2)c2ccc(OC)cc2)cc1. The molecule has 318 valence electrons. The minimum absolute atomic E-state index is 0.0626. The molecule has 1 N–H and O–H groups in total. The highest BCUT2D eigenvalue weighted by atomic mass is 31.2. The number of amides is 2.